The van der Waals surface area contributed by atoms with Crippen LogP contribution in [0.1, 0.15) is 28.2 Å². The van der Waals surface area contributed by atoms with E-state index in [0.717, 1.165) is 22.3 Å². The zero-order chi connectivity index (χ0) is 19.1. The Morgan fingerprint density at radius 2 is 1.04 bits per heavy atom. The van der Waals surface area contributed by atoms with Gasteiger partial charge in [-0.25, -0.2) is 0 Å². The Kier molecular flexibility index (Phi) is 5.38. The molecule has 0 aromatic heterocycles. The first-order valence-corrected chi connectivity index (χ1v) is 9.03. The van der Waals surface area contributed by atoms with Crippen LogP contribution in [-0.4, -0.2) is 32.2 Å². The molecule has 140 valence electrons. The van der Waals surface area contributed by atoms with Crippen molar-refractivity contribution in [3.63, 3.8) is 0 Å². The molecule has 3 rings (SSSR count). The van der Waals surface area contributed by atoms with Gasteiger partial charge in [-0.05, 0) is 52.9 Å². The maximum absolute atomic E-state index is 6.39. The van der Waals surface area contributed by atoms with Crippen molar-refractivity contribution in [2.45, 2.75) is 16.1 Å². The van der Waals surface area contributed by atoms with Crippen LogP contribution in [0.15, 0.2) is 24.3 Å². The molecule has 0 atom stereocenters. The van der Waals surface area contributed by atoms with Crippen molar-refractivity contribution < 1.29 is 18.9 Å². The van der Waals surface area contributed by atoms with Gasteiger partial charge in [-0.1, -0.05) is 34.8 Å². The first-order chi connectivity index (χ1) is 12.3. The third-order valence-electron chi connectivity index (χ3n) is 4.62. The van der Waals surface area contributed by atoms with Gasteiger partial charge >= 0.3 is 0 Å². The summed E-state index contributed by atoms with van der Waals surface area (Å²) in [6.45, 7) is 0. The summed E-state index contributed by atoms with van der Waals surface area (Å²) in [6.07, 6.45) is 0.655. The molecule has 26 heavy (non-hydrogen) atoms. The largest absolute Gasteiger partial charge is 0.493 e. The predicted octanol–water partition coefficient (Wildman–Crippen LogP) is 5.13. The molecule has 2 aromatic carbocycles. The van der Waals surface area contributed by atoms with Crippen molar-refractivity contribution in [3.8, 4) is 23.0 Å². The highest BCUT2D eigenvalue weighted by Gasteiger charge is 2.41. The van der Waals surface area contributed by atoms with Crippen LogP contribution in [0, 0.1) is 0 Å². The van der Waals surface area contributed by atoms with Gasteiger partial charge in [-0.15, -0.1) is 0 Å². The third kappa shape index (κ3) is 3.26. The van der Waals surface area contributed by atoms with E-state index in [4.69, 9.17) is 53.8 Å². The Morgan fingerprint density at radius 3 is 1.35 bits per heavy atom. The SMILES string of the molecule is COc1cc2c(cc1OC)C(C(Cl)(Cl)Cl)c1cc(OC)c(OC)cc1C2. The minimum absolute atomic E-state index is 0.481. The second-order valence-electron chi connectivity index (χ2n) is 5.96. The molecule has 1 aliphatic carbocycles. The van der Waals surface area contributed by atoms with E-state index in [0.29, 0.717) is 29.4 Å². The van der Waals surface area contributed by atoms with Crippen molar-refractivity contribution in [2.75, 3.05) is 28.4 Å². The summed E-state index contributed by atoms with van der Waals surface area (Å²) in [7, 11) is 6.36. The van der Waals surface area contributed by atoms with E-state index in [-0.39, 0.29) is 0 Å². The van der Waals surface area contributed by atoms with Gasteiger partial charge in [0.25, 0.3) is 0 Å². The second kappa shape index (κ2) is 7.26. The predicted molar refractivity (Wildman–Crippen MR) is 104 cm³/mol. The van der Waals surface area contributed by atoms with E-state index in [1.165, 1.54) is 0 Å². The lowest BCUT2D eigenvalue weighted by Gasteiger charge is -2.34. The Hall–Kier alpha value is -1.49. The van der Waals surface area contributed by atoms with E-state index in [1.54, 1.807) is 28.4 Å². The van der Waals surface area contributed by atoms with Crippen molar-refractivity contribution >= 4 is 34.8 Å². The minimum Gasteiger partial charge on any atom is -0.493 e. The first kappa shape index (κ1) is 19.3. The molecular weight excluding hydrogens is 399 g/mol. The van der Waals surface area contributed by atoms with Crippen molar-refractivity contribution in [1.29, 1.82) is 0 Å². The highest BCUT2D eigenvalue weighted by molar-refractivity contribution is 6.68. The smallest absolute Gasteiger partial charge is 0.201 e. The number of rotatable bonds is 4. The van der Waals surface area contributed by atoms with Gasteiger partial charge in [0.05, 0.1) is 34.4 Å². The van der Waals surface area contributed by atoms with Gasteiger partial charge in [0.15, 0.2) is 23.0 Å². The van der Waals surface area contributed by atoms with Crippen LogP contribution in [-0.2, 0) is 6.42 Å². The zero-order valence-corrected chi connectivity index (χ0v) is 17.1. The molecule has 0 unspecified atom stereocenters. The van der Waals surface area contributed by atoms with Gasteiger partial charge < -0.3 is 18.9 Å². The fourth-order valence-electron chi connectivity index (χ4n) is 3.44. The quantitative estimate of drug-likeness (QED) is 0.646. The van der Waals surface area contributed by atoms with Crippen molar-refractivity contribution in [2.24, 2.45) is 0 Å². The maximum Gasteiger partial charge on any atom is 0.201 e. The normalized spacial score (nSPS) is 13.7. The molecule has 0 heterocycles. The molecule has 4 nitrogen and oxygen atoms in total. The van der Waals surface area contributed by atoms with Crippen LogP contribution in [0.5, 0.6) is 23.0 Å². The van der Waals surface area contributed by atoms with E-state index < -0.39 is 9.71 Å². The van der Waals surface area contributed by atoms with Gasteiger partial charge in [0, 0.05) is 0 Å². The molecule has 0 spiro atoms. The van der Waals surface area contributed by atoms with Crippen LogP contribution in [0.4, 0.5) is 0 Å². The van der Waals surface area contributed by atoms with Crippen molar-refractivity contribution in [3.05, 3.63) is 46.5 Å². The first-order valence-electron chi connectivity index (χ1n) is 7.90. The Bertz CT molecular complexity index is 769. The number of halogens is 3. The van der Waals surface area contributed by atoms with Crippen LogP contribution < -0.4 is 18.9 Å². The molecule has 0 amide bonds. The lowest BCUT2D eigenvalue weighted by Crippen LogP contribution is -2.25. The summed E-state index contributed by atoms with van der Waals surface area (Å²) in [5.74, 6) is 1.98. The average molecular weight is 418 g/mol. The molecule has 0 fully saturated rings. The molecule has 0 saturated carbocycles. The highest BCUT2D eigenvalue weighted by atomic mass is 35.6. The van der Waals surface area contributed by atoms with Gasteiger partial charge in [-0.3, -0.25) is 0 Å². The van der Waals surface area contributed by atoms with Gasteiger partial charge in [-0.2, -0.15) is 0 Å². The lowest BCUT2D eigenvalue weighted by molar-refractivity contribution is 0.352. The number of hydrogen-bond acceptors (Lipinski definition) is 4. The zero-order valence-electron chi connectivity index (χ0n) is 14.9. The summed E-state index contributed by atoms with van der Waals surface area (Å²) in [5.41, 5.74) is 3.81. The molecule has 0 bridgehead atoms. The molecule has 0 N–H and O–H groups in total. The molecule has 1 aliphatic rings. The fourth-order valence-corrected chi connectivity index (χ4v) is 4.15. The molecule has 0 saturated heterocycles. The van der Waals surface area contributed by atoms with Crippen LogP contribution in [0.2, 0.25) is 0 Å². The van der Waals surface area contributed by atoms with Crippen molar-refractivity contribution in [1.82, 2.24) is 0 Å². The number of methoxy groups -OCH3 is 4. The molecular formula is C19H19Cl3O4. The number of hydrogen-bond donors (Lipinski definition) is 0. The summed E-state index contributed by atoms with van der Waals surface area (Å²) >= 11 is 19.2. The van der Waals surface area contributed by atoms with E-state index >= 15 is 0 Å². The summed E-state index contributed by atoms with van der Waals surface area (Å²) in [5, 5.41) is 0. The highest BCUT2D eigenvalue weighted by Crippen LogP contribution is 2.53. The maximum atomic E-state index is 6.39. The van der Waals surface area contributed by atoms with E-state index in [1.807, 2.05) is 24.3 Å². The topological polar surface area (TPSA) is 36.9 Å². The van der Waals surface area contributed by atoms with Crippen LogP contribution >= 0.6 is 34.8 Å². The minimum atomic E-state index is -1.55. The van der Waals surface area contributed by atoms with E-state index in [9.17, 15) is 0 Å². The Labute approximate surface area is 167 Å². The standard InChI is InChI=1S/C19H19Cl3O4/c1-23-14-6-10-5-11-7-15(24-2)17(26-4)9-13(11)18(19(20,21)22)12(10)8-16(14)25-3/h6-9,18H,5H2,1-4H3. The molecule has 7 heteroatoms. The van der Waals surface area contributed by atoms with Crippen LogP contribution in [0.3, 0.4) is 0 Å². The molecule has 0 aliphatic heterocycles. The Balaban J connectivity index is 2.26. The number of alkyl halides is 3. The second-order valence-corrected chi connectivity index (χ2v) is 8.33. The lowest BCUT2D eigenvalue weighted by atomic mass is 9.78. The summed E-state index contributed by atoms with van der Waals surface area (Å²) < 4.78 is 20.2. The average Bonchev–Trinajstić information content (AvgIpc) is 2.62. The fraction of sp³-hybridized carbons (Fsp3) is 0.368. The summed E-state index contributed by atoms with van der Waals surface area (Å²) in [6, 6.07) is 7.61. The van der Waals surface area contributed by atoms with Gasteiger partial charge in [0.1, 0.15) is 0 Å². The number of fused-ring (bicyclic) bond motifs is 2. The third-order valence-corrected chi connectivity index (χ3v) is 5.28. The molecule has 0 radical (unpaired) electrons. The Morgan fingerprint density at radius 1 is 0.692 bits per heavy atom. The monoisotopic (exact) mass is 416 g/mol. The number of ether oxygens (including phenoxy) is 4. The number of benzene rings is 2. The summed E-state index contributed by atoms with van der Waals surface area (Å²) in [4.78, 5) is 0. The van der Waals surface area contributed by atoms with Crippen LogP contribution in [0.25, 0.3) is 0 Å². The van der Waals surface area contributed by atoms with Gasteiger partial charge in [0.2, 0.25) is 3.79 Å². The molecule has 2 aromatic rings. The van der Waals surface area contributed by atoms with E-state index in [2.05, 4.69) is 0 Å².